The Balaban J connectivity index is 1.40. The smallest absolute Gasteiger partial charge is 0.0818 e. The lowest BCUT2D eigenvalue weighted by Gasteiger charge is -2.40. The van der Waals surface area contributed by atoms with Gasteiger partial charge in [-0.2, -0.15) is 0 Å². The Morgan fingerprint density at radius 1 is 1.04 bits per heavy atom. The normalized spacial score (nSPS) is 24.3. The Hall–Kier alpha value is -0.830. The highest BCUT2D eigenvalue weighted by molar-refractivity contribution is 6.32. The zero-order chi connectivity index (χ0) is 17.2. The summed E-state index contributed by atoms with van der Waals surface area (Å²) in [5, 5.41) is 11.4. The summed E-state index contributed by atoms with van der Waals surface area (Å²) in [6.45, 7) is 2.40. The maximum atomic E-state index is 10.6. The molecule has 1 N–H and O–H groups in total. The molecule has 2 saturated carbocycles. The van der Waals surface area contributed by atoms with E-state index in [9.17, 15) is 5.11 Å². The topological polar surface area (TPSA) is 23.5 Å². The van der Waals surface area contributed by atoms with Crippen LogP contribution in [0.3, 0.4) is 0 Å². The van der Waals surface area contributed by atoms with E-state index in [0.717, 1.165) is 35.0 Å². The molecule has 2 aliphatic carbocycles. The van der Waals surface area contributed by atoms with Crippen molar-refractivity contribution in [2.24, 2.45) is 5.92 Å². The number of piperidine rings is 1. The molecule has 1 unspecified atom stereocenters. The van der Waals surface area contributed by atoms with Gasteiger partial charge in [0.05, 0.1) is 6.10 Å². The van der Waals surface area contributed by atoms with E-state index in [1.54, 1.807) is 0 Å². The molecule has 1 atom stereocenters. The Morgan fingerprint density at radius 2 is 1.76 bits per heavy atom. The van der Waals surface area contributed by atoms with Gasteiger partial charge in [0.15, 0.2) is 0 Å². The molecule has 0 spiro atoms. The quantitative estimate of drug-likeness (QED) is 0.756. The molecular formula is C22H30ClNO. The van der Waals surface area contributed by atoms with Gasteiger partial charge in [0, 0.05) is 24.2 Å². The molecule has 1 aromatic rings. The van der Waals surface area contributed by atoms with Gasteiger partial charge < -0.3 is 5.11 Å². The molecule has 1 heterocycles. The van der Waals surface area contributed by atoms with E-state index in [4.69, 9.17) is 11.6 Å². The van der Waals surface area contributed by atoms with Gasteiger partial charge >= 0.3 is 0 Å². The second kappa shape index (κ2) is 7.82. The highest BCUT2D eigenvalue weighted by atomic mass is 35.5. The van der Waals surface area contributed by atoms with Gasteiger partial charge in [-0.25, -0.2) is 0 Å². The van der Waals surface area contributed by atoms with E-state index in [1.165, 1.54) is 63.6 Å². The predicted molar refractivity (Wildman–Crippen MR) is 105 cm³/mol. The number of benzene rings is 1. The van der Waals surface area contributed by atoms with Gasteiger partial charge in [-0.1, -0.05) is 54.6 Å². The van der Waals surface area contributed by atoms with Crippen molar-refractivity contribution in [1.82, 2.24) is 4.90 Å². The first-order valence-corrected chi connectivity index (χ1v) is 10.5. The van der Waals surface area contributed by atoms with Crippen molar-refractivity contribution in [3.8, 4) is 0 Å². The van der Waals surface area contributed by atoms with Crippen LogP contribution in [0.5, 0.6) is 0 Å². The number of nitrogens with zero attached hydrogens (tertiary/aromatic N) is 1. The molecule has 3 aliphatic rings. The summed E-state index contributed by atoms with van der Waals surface area (Å²) in [5.41, 5.74) is 3.61. The van der Waals surface area contributed by atoms with Crippen molar-refractivity contribution in [2.45, 2.75) is 69.9 Å². The van der Waals surface area contributed by atoms with E-state index in [1.807, 2.05) is 6.07 Å². The number of hydrogen-bond acceptors (Lipinski definition) is 2. The third kappa shape index (κ3) is 3.97. The SMILES string of the molecule is OC(c1ccc(C=C2CCN(C3CCC3)CC2)c(Cl)c1)C1CCCC1. The van der Waals surface area contributed by atoms with E-state index < -0.39 is 0 Å². The molecule has 3 fully saturated rings. The van der Waals surface area contributed by atoms with Gasteiger partial charge in [0.2, 0.25) is 0 Å². The van der Waals surface area contributed by atoms with Crippen LogP contribution >= 0.6 is 11.6 Å². The summed E-state index contributed by atoms with van der Waals surface area (Å²) in [7, 11) is 0. The van der Waals surface area contributed by atoms with Crippen LogP contribution in [0, 0.1) is 5.92 Å². The summed E-state index contributed by atoms with van der Waals surface area (Å²) < 4.78 is 0. The van der Waals surface area contributed by atoms with Crippen LogP contribution in [0.4, 0.5) is 0 Å². The first-order valence-electron chi connectivity index (χ1n) is 10.1. The fourth-order valence-corrected chi connectivity index (χ4v) is 4.93. The average Bonchev–Trinajstić information content (AvgIpc) is 3.10. The van der Waals surface area contributed by atoms with Crippen LogP contribution in [0.2, 0.25) is 5.02 Å². The zero-order valence-electron chi connectivity index (χ0n) is 15.1. The number of aliphatic hydroxyl groups excluding tert-OH is 1. The fourth-order valence-electron chi connectivity index (χ4n) is 4.68. The van der Waals surface area contributed by atoms with Gasteiger partial charge in [-0.15, -0.1) is 0 Å². The van der Waals surface area contributed by atoms with Crippen LogP contribution in [-0.4, -0.2) is 29.1 Å². The van der Waals surface area contributed by atoms with Crippen LogP contribution < -0.4 is 0 Å². The Labute approximate surface area is 156 Å². The number of halogens is 1. The van der Waals surface area contributed by atoms with Crippen molar-refractivity contribution < 1.29 is 5.11 Å². The molecule has 1 saturated heterocycles. The molecule has 0 aromatic heterocycles. The van der Waals surface area contributed by atoms with Crippen molar-refractivity contribution in [1.29, 1.82) is 0 Å². The molecular weight excluding hydrogens is 330 g/mol. The maximum Gasteiger partial charge on any atom is 0.0818 e. The standard InChI is InChI=1S/C22H30ClNO/c23-21-15-19(22(25)17-4-1-2-5-17)9-8-18(21)14-16-10-12-24(13-11-16)20-6-3-7-20/h8-9,14-15,17,20,22,25H,1-7,10-13H2. The minimum atomic E-state index is -0.354. The highest BCUT2D eigenvalue weighted by Gasteiger charge is 2.27. The van der Waals surface area contributed by atoms with Crippen molar-refractivity contribution in [3.63, 3.8) is 0 Å². The molecule has 4 rings (SSSR count). The van der Waals surface area contributed by atoms with Gasteiger partial charge in [0.1, 0.15) is 0 Å². The molecule has 3 heteroatoms. The summed E-state index contributed by atoms with van der Waals surface area (Å²) >= 11 is 6.54. The highest BCUT2D eigenvalue weighted by Crippen LogP contribution is 2.37. The van der Waals surface area contributed by atoms with Gasteiger partial charge in [-0.05, 0) is 61.6 Å². The molecule has 0 radical (unpaired) electrons. The van der Waals surface area contributed by atoms with E-state index in [-0.39, 0.29) is 6.10 Å². The van der Waals surface area contributed by atoms with E-state index in [2.05, 4.69) is 23.1 Å². The lowest BCUT2D eigenvalue weighted by atomic mass is 9.89. The predicted octanol–water partition coefficient (Wildman–Crippen LogP) is 5.60. The monoisotopic (exact) mass is 359 g/mol. The average molecular weight is 360 g/mol. The van der Waals surface area contributed by atoms with Gasteiger partial charge in [0.25, 0.3) is 0 Å². The second-order valence-corrected chi connectivity index (χ2v) is 8.60. The number of hydrogen-bond donors (Lipinski definition) is 1. The lowest BCUT2D eigenvalue weighted by molar-refractivity contribution is 0.111. The Morgan fingerprint density at radius 3 is 2.36 bits per heavy atom. The van der Waals surface area contributed by atoms with Crippen molar-refractivity contribution >= 4 is 17.7 Å². The summed E-state index contributed by atoms with van der Waals surface area (Å²) in [6, 6.07) is 7.02. The lowest BCUT2D eigenvalue weighted by Crippen LogP contribution is -2.43. The summed E-state index contributed by atoms with van der Waals surface area (Å²) in [4.78, 5) is 2.67. The summed E-state index contributed by atoms with van der Waals surface area (Å²) in [6.07, 6.45) is 13.3. The minimum Gasteiger partial charge on any atom is -0.388 e. The third-order valence-electron chi connectivity index (χ3n) is 6.60. The first-order chi connectivity index (χ1) is 12.2. The first kappa shape index (κ1) is 17.6. The van der Waals surface area contributed by atoms with Crippen LogP contribution in [0.1, 0.15) is 75.0 Å². The molecule has 0 amide bonds. The number of aliphatic hydroxyl groups is 1. The van der Waals surface area contributed by atoms with Crippen molar-refractivity contribution in [3.05, 3.63) is 39.9 Å². The zero-order valence-corrected chi connectivity index (χ0v) is 15.8. The van der Waals surface area contributed by atoms with E-state index >= 15 is 0 Å². The molecule has 2 nitrogen and oxygen atoms in total. The molecule has 136 valence electrons. The van der Waals surface area contributed by atoms with Crippen LogP contribution in [-0.2, 0) is 0 Å². The fraction of sp³-hybridized carbons (Fsp3) is 0.636. The third-order valence-corrected chi connectivity index (χ3v) is 6.93. The second-order valence-electron chi connectivity index (χ2n) is 8.19. The molecule has 1 aromatic carbocycles. The molecule has 0 bridgehead atoms. The molecule has 25 heavy (non-hydrogen) atoms. The van der Waals surface area contributed by atoms with Crippen LogP contribution in [0.15, 0.2) is 23.8 Å². The number of rotatable bonds is 4. The number of likely N-dealkylation sites (tertiary alicyclic amines) is 1. The van der Waals surface area contributed by atoms with Crippen molar-refractivity contribution in [2.75, 3.05) is 13.1 Å². The minimum absolute atomic E-state index is 0.354. The van der Waals surface area contributed by atoms with Gasteiger partial charge in [-0.3, -0.25) is 4.90 Å². The van der Waals surface area contributed by atoms with Crippen LogP contribution in [0.25, 0.3) is 6.08 Å². The Kier molecular flexibility index (Phi) is 5.50. The maximum absolute atomic E-state index is 10.6. The Bertz CT molecular complexity index is 621. The molecule has 1 aliphatic heterocycles. The summed E-state index contributed by atoms with van der Waals surface area (Å²) in [5.74, 6) is 0.413. The van der Waals surface area contributed by atoms with E-state index in [0.29, 0.717) is 5.92 Å². The largest absolute Gasteiger partial charge is 0.388 e.